The van der Waals surface area contributed by atoms with E-state index in [0.29, 0.717) is 19.8 Å². The number of anilines is 1. The van der Waals surface area contributed by atoms with Crippen LogP contribution in [0.3, 0.4) is 0 Å². The molecule has 6 heteroatoms. The largest absolute Gasteiger partial charge is 0.379 e. The fraction of sp³-hybridized carbons (Fsp3) is 0.455. The minimum Gasteiger partial charge on any atom is -0.379 e. The minimum atomic E-state index is -0.159. The second kappa shape index (κ2) is 9.17. The molecule has 0 saturated carbocycles. The molecule has 6 nitrogen and oxygen atoms in total. The van der Waals surface area contributed by atoms with Crippen LogP contribution in [0.5, 0.6) is 0 Å². The second-order valence-corrected chi connectivity index (χ2v) is 7.40. The van der Waals surface area contributed by atoms with Gasteiger partial charge >= 0.3 is 6.03 Å². The number of pyridine rings is 1. The molecule has 2 aliphatic rings. The van der Waals surface area contributed by atoms with E-state index in [2.05, 4.69) is 26.6 Å². The number of hydrogen-bond acceptors (Lipinski definition) is 4. The molecule has 1 aromatic heterocycles. The predicted molar refractivity (Wildman–Crippen MR) is 109 cm³/mol. The highest BCUT2D eigenvalue weighted by Crippen LogP contribution is 2.27. The van der Waals surface area contributed by atoms with Crippen molar-refractivity contribution in [1.29, 1.82) is 0 Å². The topological polar surface area (TPSA) is 66.5 Å². The Morgan fingerprint density at radius 2 is 1.96 bits per heavy atom. The lowest BCUT2D eigenvalue weighted by molar-refractivity contribution is 0.0159. The maximum Gasteiger partial charge on any atom is 0.319 e. The number of hydrogen-bond donors (Lipinski definition) is 2. The average molecular weight is 380 g/mol. The summed E-state index contributed by atoms with van der Waals surface area (Å²) in [5.74, 6) is 0. The van der Waals surface area contributed by atoms with Crippen molar-refractivity contribution in [3.05, 3.63) is 59.4 Å². The first kappa shape index (κ1) is 18.9. The van der Waals surface area contributed by atoms with E-state index in [1.807, 2.05) is 30.3 Å². The van der Waals surface area contributed by atoms with E-state index >= 15 is 0 Å². The zero-order chi connectivity index (χ0) is 19.2. The molecule has 1 saturated heterocycles. The van der Waals surface area contributed by atoms with Gasteiger partial charge in [-0.15, -0.1) is 0 Å². The van der Waals surface area contributed by atoms with E-state index in [4.69, 9.17) is 4.74 Å². The van der Waals surface area contributed by atoms with E-state index in [0.717, 1.165) is 37.3 Å². The van der Waals surface area contributed by atoms with Crippen molar-refractivity contribution in [3.63, 3.8) is 0 Å². The number of ether oxygens (including phenoxy) is 1. The Bertz CT molecular complexity index is 790. The van der Waals surface area contributed by atoms with E-state index < -0.39 is 0 Å². The van der Waals surface area contributed by atoms with Gasteiger partial charge in [0.2, 0.25) is 0 Å². The molecule has 0 bridgehead atoms. The average Bonchev–Trinajstić information content (AvgIpc) is 2.76. The van der Waals surface area contributed by atoms with Crippen molar-refractivity contribution in [2.75, 3.05) is 38.2 Å². The van der Waals surface area contributed by atoms with Crippen LogP contribution in [0, 0.1) is 0 Å². The Kier molecular flexibility index (Phi) is 6.19. The number of benzene rings is 1. The van der Waals surface area contributed by atoms with E-state index in [-0.39, 0.29) is 12.1 Å². The van der Waals surface area contributed by atoms with Gasteiger partial charge in [0.05, 0.1) is 24.9 Å². The number of amides is 2. The lowest BCUT2D eigenvalue weighted by Crippen LogP contribution is -2.44. The van der Waals surface area contributed by atoms with Crippen molar-refractivity contribution in [2.45, 2.75) is 31.7 Å². The van der Waals surface area contributed by atoms with Crippen LogP contribution in [0.25, 0.3) is 0 Å². The molecule has 1 aliphatic heterocycles. The number of urea groups is 1. The summed E-state index contributed by atoms with van der Waals surface area (Å²) < 4.78 is 5.48. The van der Waals surface area contributed by atoms with Gasteiger partial charge in [0, 0.05) is 31.5 Å². The molecule has 1 fully saturated rings. The molecule has 4 rings (SSSR count). The molecule has 148 valence electrons. The monoisotopic (exact) mass is 380 g/mol. The number of aryl methyl sites for hydroxylation is 1. The van der Waals surface area contributed by atoms with Gasteiger partial charge in [0.25, 0.3) is 0 Å². The number of carbonyl (C=O) groups is 1. The summed E-state index contributed by atoms with van der Waals surface area (Å²) in [5, 5.41) is 6.13. The Labute approximate surface area is 166 Å². The highest BCUT2D eigenvalue weighted by atomic mass is 16.5. The summed E-state index contributed by atoms with van der Waals surface area (Å²) in [4.78, 5) is 19.5. The lowest BCUT2D eigenvalue weighted by Gasteiger charge is -2.34. The first-order chi connectivity index (χ1) is 13.8. The third-order valence-electron chi connectivity index (χ3n) is 5.62. The van der Waals surface area contributed by atoms with Crippen LogP contribution < -0.4 is 10.6 Å². The fourth-order valence-electron chi connectivity index (χ4n) is 4.14. The Morgan fingerprint density at radius 1 is 1.11 bits per heavy atom. The third kappa shape index (κ3) is 4.51. The van der Waals surface area contributed by atoms with Crippen molar-refractivity contribution < 1.29 is 9.53 Å². The quantitative estimate of drug-likeness (QED) is 0.836. The van der Waals surface area contributed by atoms with Crippen molar-refractivity contribution in [2.24, 2.45) is 0 Å². The van der Waals surface area contributed by atoms with Crippen LogP contribution in [0.4, 0.5) is 10.5 Å². The maximum absolute atomic E-state index is 12.6. The number of rotatable bonds is 5. The van der Waals surface area contributed by atoms with Crippen LogP contribution in [0.15, 0.2) is 42.6 Å². The molecule has 0 unspecified atom stereocenters. The van der Waals surface area contributed by atoms with Gasteiger partial charge in [-0.2, -0.15) is 0 Å². The van der Waals surface area contributed by atoms with Gasteiger partial charge < -0.3 is 15.4 Å². The molecule has 1 aromatic carbocycles. The van der Waals surface area contributed by atoms with E-state index in [1.165, 1.54) is 24.0 Å². The number of aromatic nitrogens is 1. The third-order valence-corrected chi connectivity index (χ3v) is 5.62. The standard InChI is InChI=1S/C22H28N4O2/c27-22(25-19-10-5-7-17-6-1-2-8-18(17)19)24-16-21(20-9-3-4-11-23-20)26-12-14-28-15-13-26/h3-5,7,9-11,21H,1-2,6,8,12-16H2,(H2,24,25,27)/t21-/m0/s1. The maximum atomic E-state index is 12.6. The van der Waals surface area contributed by atoms with Gasteiger partial charge in [-0.3, -0.25) is 9.88 Å². The molecule has 28 heavy (non-hydrogen) atoms. The molecule has 1 aliphatic carbocycles. The molecule has 1 atom stereocenters. The minimum absolute atomic E-state index is 0.0422. The first-order valence-electron chi connectivity index (χ1n) is 10.2. The normalized spacial score (nSPS) is 18.1. The molecule has 0 radical (unpaired) electrons. The van der Waals surface area contributed by atoms with Crippen LogP contribution in [0.2, 0.25) is 0 Å². The SMILES string of the molecule is O=C(NC[C@@H](c1ccccn1)N1CCOCC1)Nc1cccc2c1CCCC2. The van der Waals surface area contributed by atoms with E-state index in [9.17, 15) is 4.79 Å². The number of fused-ring (bicyclic) bond motifs is 1. The Balaban J connectivity index is 1.42. The van der Waals surface area contributed by atoms with Gasteiger partial charge in [-0.05, 0) is 55.0 Å². The van der Waals surface area contributed by atoms with Gasteiger partial charge in [-0.1, -0.05) is 18.2 Å². The number of carbonyl (C=O) groups excluding carboxylic acids is 1. The summed E-state index contributed by atoms with van der Waals surface area (Å²) in [6, 6.07) is 12.0. The first-order valence-corrected chi connectivity index (χ1v) is 10.2. The van der Waals surface area contributed by atoms with E-state index in [1.54, 1.807) is 6.20 Å². The lowest BCUT2D eigenvalue weighted by atomic mass is 9.90. The van der Waals surface area contributed by atoms with Crippen LogP contribution >= 0.6 is 0 Å². The highest BCUT2D eigenvalue weighted by Gasteiger charge is 2.24. The van der Waals surface area contributed by atoms with Gasteiger partial charge in [0.1, 0.15) is 0 Å². The number of morpholine rings is 1. The number of nitrogens with one attached hydrogen (secondary N) is 2. The smallest absolute Gasteiger partial charge is 0.319 e. The zero-order valence-corrected chi connectivity index (χ0v) is 16.2. The molecule has 2 amide bonds. The van der Waals surface area contributed by atoms with Crippen LogP contribution in [0.1, 0.15) is 35.7 Å². The zero-order valence-electron chi connectivity index (χ0n) is 16.2. The highest BCUT2D eigenvalue weighted by molar-refractivity contribution is 5.90. The molecule has 2 aromatic rings. The molecular formula is C22H28N4O2. The molecule has 2 N–H and O–H groups in total. The predicted octanol–water partition coefficient (Wildman–Crippen LogP) is 3.16. The van der Waals surface area contributed by atoms with Crippen molar-refractivity contribution in [1.82, 2.24) is 15.2 Å². The molecular weight excluding hydrogens is 352 g/mol. The summed E-state index contributed by atoms with van der Waals surface area (Å²) in [7, 11) is 0. The summed E-state index contributed by atoms with van der Waals surface area (Å²) in [6.07, 6.45) is 6.36. The Morgan fingerprint density at radius 3 is 2.79 bits per heavy atom. The van der Waals surface area contributed by atoms with Crippen molar-refractivity contribution in [3.8, 4) is 0 Å². The van der Waals surface area contributed by atoms with Crippen LogP contribution in [-0.4, -0.2) is 48.8 Å². The fourth-order valence-corrected chi connectivity index (χ4v) is 4.14. The second-order valence-electron chi connectivity index (χ2n) is 7.40. The summed E-state index contributed by atoms with van der Waals surface area (Å²) in [5.41, 5.74) is 4.57. The summed E-state index contributed by atoms with van der Waals surface area (Å²) >= 11 is 0. The Hall–Kier alpha value is -2.44. The van der Waals surface area contributed by atoms with Crippen molar-refractivity contribution >= 4 is 11.7 Å². The van der Waals surface area contributed by atoms with Gasteiger partial charge in [0.15, 0.2) is 0 Å². The molecule has 2 heterocycles. The van der Waals surface area contributed by atoms with Crippen LogP contribution in [-0.2, 0) is 17.6 Å². The summed E-state index contributed by atoms with van der Waals surface area (Å²) in [6.45, 7) is 3.63. The number of nitrogens with zero attached hydrogens (tertiary/aromatic N) is 2. The van der Waals surface area contributed by atoms with Gasteiger partial charge in [-0.25, -0.2) is 4.79 Å². The molecule has 0 spiro atoms.